The molecule has 2 aromatic heterocycles. The predicted molar refractivity (Wildman–Crippen MR) is 165 cm³/mol. The minimum Gasteiger partial charge on any atom is -0.462 e. The Bertz CT molecular complexity index is 1800. The van der Waals surface area contributed by atoms with Gasteiger partial charge < -0.3 is 30.2 Å². The maximum atomic E-state index is 16.7. The van der Waals surface area contributed by atoms with Gasteiger partial charge in [-0.3, -0.25) is 13.9 Å². The van der Waals surface area contributed by atoms with Gasteiger partial charge in [-0.1, -0.05) is 36.4 Å². The molecule has 234 valence electrons. The zero-order valence-corrected chi connectivity index (χ0v) is 26.3. The molecule has 1 saturated carbocycles. The summed E-state index contributed by atoms with van der Waals surface area (Å²) in [6.45, 7) is 2.55. The molecule has 4 aromatic rings. The van der Waals surface area contributed by atoms with Crippen LogP contribution in [-0.2, 0) is 30.6 Å². The average molecular weight is 646 g/mol. The first-order valence-corrected chi connectivity index (χ1v) is 16.6. The van der Waals surface area contributed by atoms with Gasteiger partial charge in [-0.2, -0.15) is 9.97 Å². The molecule has 3 heterocycles. The van der Waals surface area contributed by atoms with Crippen LogP contribution in [0.15, 0.2) is 48.8 Å². The van der Waals surface area contributed by atoms with Crippen molar-refractivity contribution < 1.29 is 32.8 Å². The normalized spacial score (nSPS) is 28.0. The molecule has 2 fully saturated rings. The fraction of sp³-hybridized carbons (Fsp3) is 0.429. The number of aromatic nitrogens is 4. The van der Waals surface area contributed by atoms with Gasteiger partial charge in [-0.05, 0) is 51.0 Å². The molecular formula is C28H33FN7O6PS. The third-order valence-corrected chi connectivity index (χ3v) is 10.2. The Balaban J connectivity index is 1.30. The number of aliphatic hydroxyl groups is 1. The van der Waals surface area contributed by atoms with E-state index in [9.17, 15) is 9.90 Å². The van der Waals surface area contributed by atoms with Crippen LogP contribution in [0.1, 0.15) is 33.9 Å². The molecule has 2 aromatic carbocycles. The molecule has 44 heavy (non-hydrogen) atoms. The first kappa shape index (κ1) is 30.6. The lowest BCUT2D eigenvalue weighted by Crippen LogP contribution is -2.45. The lowest BCUT2D eigenvalue weighted by molar-refractivity contribution is -0.149. The molecule has 13 nitrogen and oxygen atoms in total. The second kappa shape index (κ2) is 10.9. The van der Waals surface area contributed by atoms with Gasteiger partial charge in [-0.25, -0.2) is 14.5 Å². The highest BCUT2D eigenvalue weighted by molar-refractivity contribution is 8.09. The SMILES string of the molecule is CNc1nc(N)nc2c1ncn2[C@@H]1O[C@@H]2C(OP(=S)(N[C@@H](C)C(=O)OC(C)C)Oc3cccc4ccccc34)[C@]2(O)[C@@]1(C)F. The standard InChI is InChI=1S/C28H33FN7O6PS/c1-14(2)39-24(37)15(3)35-43(44,41-18-12-8-10-16-9-6-7-11-17(16)18)42-21-20-28(21,38)27(4,29)25(40-20)36-13-32-19-22(31-5)33-26(30)34-23(19)36/h6-15,20-21,25,38H,1-5H3,(H,35,44)(H3,30,31,33,34)/t15-,20+,21?,25+,27-,28-,43?/m0/s1. The number of halogens is 1. The topological polar surface area (TPSA) is 168 Å². The zero-order valence-electron chi connectivity index (χ0n) is 24.6. The maximum Gasteiger partial charge on any atom is 0.323 e. The summed E-state index contributed by atoms with van der Waals surface area (Å²) in [6.07, 6.45) is -2.69. The van der Waals surface area contributed by atoms with Crippen LogP contribution in [0.3, 0.4) is 0 Å². The number of nitrogens with zero attached hydrogens (tertiary/aromatic N) is 4. The van der Waals surface area contributed by atoms with E-state index in [1.54, 1.807) is 40.0 Å². The second-order valence-corrected chi connectivity index (χ2v) is 14.3. The average Bonchev–Trinajstić information content (AvgIpc) is 3.21. The molecule has 6 rings (SSSR count). The summed E-state index contributed by atoms with van der Waals surface area (Å²) in [5.41, 5.74) is 1.92. The third kappa shape index (κ3) is 4.97. The van der Waals surface area contributed by atoms with Crippen molar-refractivity contribution in [3.63, 3.8) is 0 Å². The summed E-state index contributed by atoms with van der Waals surface area (Å²) in [4.78, 5) is 25.3. The Morgan fingerprint density at radius 1 is 1.23 bits per heavy atom. The first-order chi connectivity index (χ1) is 20.8. The Morgan fingerprint density at radius 2 is 1.95 bits per heavy atom. The fourth-order valence-corrected chi connectivity index (χ4v) is 8.23. The number of imidazole rings is 1. The number of fused-ring (bicyclic) bond motifs is 3. The number of rotatable bonds is 10. The number of carbonyl (C=O) groups is 1. The molecule has 0 radical (unpaired) electrons. The number of hydrogen-bond acceptors (Lipinski definition) is 12. The lowest BCUT2D eigenvalue weighted by atomic mass is 9.97. The number of esters is 1. The molecule has 7 atom stereocenters. The Kier molecular flexibility index (Phi) is 7.54. The fourth-order valence-electron chi connectivity index (χ4n) is 5.51. The van der Waals surface area contributed by atoms with Gasteiger partial charge in [0.05, 0.1) is 12.4 Å². The maximum absolute atomic E-state index is 16.7. The number of nitrogens with one attached hydrogen (secondary N) is 2. The van der Waals surface area contributed by atoms with E-state index in [0.717, 1.165) is 10.8 Å². The summed E-state index contributed by atoms with van der Waals surface area (Å²) >= 11 is 5.89. The number of nitrogen functional groups attached to an aromatic ring is 1. The van der Waals surface area contributed by atoms with Crippen LogP contribution in [0.25, 0.3) is 21.9 Å². The van der Waals surface area contributed by atoms with Crippen molar-refractivity contribution in [1.82, 2.24) is 24.6 Å². The van der Waals surface area contributed by atoms with Crippen molar-refractivity contribution in [3.8, 4) is 5.75 Å². The van der Waals surface area contributed by atoms with E-state index >= 15 is 4.39 Å². The van der Waals surface area contributed by atoms with Crippen LogP contribution >= 0.6 is 6.64 Å². The Morgan fingerprint density at radius 3 is 2.64 bits per heavy atom. The van der Waals surface area contributed by atoms with E-state index in [4.69, 9.17) is 36.1 Å². The summed E-state index contributed by atoms with van der Waals surface area (Å²) < 4.78 is 42.0. The molecule has 0 bridgehead atoms. The van der Waals surface area contributed by atoms with Gasteiger partial charge in [0.2, 0.25) is 5.95 Å². The smallest absolute Gasteiger partial charge is 0.323 e. The van der Waals surface area contributed by atoms with Crippen LogP contribution in [0.2, 0.25) is 0 Å². The minimum absolute atomic E-state index is 0.0466. The molecule has 5 N–H and O–H groups in total. The number of carbonyl (C=O) groups excluding carboxylic acids is 1. The van der Waals surface area contributed by atoms with E-state index < -0.39 is 48.4 Å². The third-order valence-electron chi connectivity index (χ3n) is 7.76. The summed E-state index contributed by atoms with van der Waals surface area (Å²) in [6, 6.07) is 12.0. The number of benzene rings is 2. The summed E-state index contributed by atoms with van der Waals surface area (Å²) in [5, 5.41) is 19.2. The highest BCUT2D eigenvalue weighted by atomic mass is 32.5. The van der Waals surface area contributed by atoms with Crippen LogP contribution in [0.4, 0.5) is 16.2 Å². The van der Waals surface area contributed by atoms with Gasteiger partial charge in [-0.15, -0.1) is 0 Å². The zero-order chi connectivity index (χ0) is 31.6. The number of anilines is 2. The molecule has 2 aliphatic rings. The predicted octanol–water partition coefficient (Wildman–Crippen LogP) is 3.59. The Labute approximate surface area is 257 Å². The van der Waals surface area contributed by atoms with Gasteiger partial charge in [0.25, 0.3) is 0 Å². The molecule has 2 unspecified atom stereocenters. The lowest BCUT2D eigenvalue weighted by Gasteiger charge is -2.33. The van der Waals surface area contributed by atoms with Gasteiger partial charge in [0.1, 0.15) is 24.0 Å². The van der Waals surface area contributed by atoms with Crippen molar-refractivity contribution in [2.75, 3.05) is 18.1 Å². The van der Waals surface area contributed by atoms with Crippen molar-refractivity contribution >= 4 is 58.1 Å². The number of ether oxygens (including phenoxy) is 2. The van der Waals surface area contributed by atoms with E-state index in [1.165, 1.54) is 17.8 Å². The monoisotopic (exact) mass is 645 g/mol. The minimum atomic E-state index is -3.67. The number of hydrogen-bond donors (Lipinski definition) is 4. The molecule has 1 aliphatic heterocycles. The molecule has 16 heteroatoms. The van der Waals surface area contributed by atoms with Gasteiger partial charge in [0, 0.05) is 12.4 Å². The Hall–Kier alpha value is -3.46. The molecular weight excluding hydrogens is 612 g/mol. The second-order valence-electron chi connectivity index (χ2n) is 11.2. The van der Waals surface area contributed by atoms with Crippen LogP contribution in [0.5, 0.6) is 5.75 Å². The van der Waals surface area contributed by atoms with E-state index in [2.05, 4.69) is 25.4 Å². The highest BCUT2D eigenvalue weighted by Gasteiger charge is 2.85. The van der Waals surface area contributed by atoms with Gasteiger partial charge >= 0.3 is 12.6 Å². The molecule has 1 saturated heterocycles. The van der Waals surface area contributed by atoms with Crippen LogP contribution in [0, 0.1) is 0 Å². The van der Waals surface area contributed by atoms with Crippen molar-refractivity contribution in [3.05, 3.63) is 48.8 Å². The van der Waals surface area contributed by atoms with Crippen molar-refractivity contribution in [1.29, 1.82) is 0 Å². The summed E-state index contributed by atoms with van der Waals surface area (Å²) in [5.74, 6) is 0.132. The molecule has 0 amide bonds. The molecule has 0 spiro atoms. The van der Waals surface area contributed by atoms with E-state index in [1.807, 2.05) is 30.3 Å². The van der Waals surface area contributed by atoms with Crippen LogP contribution < -0.4 is 20.7 Å². The quantitative estimate of drug-likeness (QED) is 0.146. The van der Waals surface area contributed by atoms with Gasteiger partial charge in [0.15, 0.2) is 34.5 Å². The van der Waals surface area contributed by atoms with Crippen LogP contribution in [-0.4, -0.2) is 73.3 Å². The molecule has 1 aliphatic carbocycles. The number of alkyl halides is 1. The first-order valence-electron chi connectivity index (χ1n) is 14.0. The van der Waals surface area contributed by atoms with E-state index in [0.29, 0.717) is 17.1 Å². The highest BCUT2D eigenvalue weighted by Crippen LogP contribution is 2.66. The largest absolute Gasteiger partial charge is 0.462 e. The van der Waals surface area contributed by atoms with E-state index in [-0.39, 0.29) is 17.7 Å². The van der Waals surface area contributed by atoms with Crippen molar-refractivity contribution in [2.24, 2.45) is 0 Å². The summed E-state index contributed by atoms with van der Waals surface area (Å²) in [7, 11) is 1.65. The van der Waals surface area contributed by atoms with Crippen molar-refractivity contribution in [2.45, 2.75) is 69.5 Å². The number of nitrogens with two attached hydrogens (primary N) is 1.